The van der Waals surface area contributed by atoms with Gasteiger partial charge < -0.3 is 0 Å². The number of halogens is 2. The second kappa shape index (κ2) is 17.9. The van der Waals surface area contributed by atoms with E-state index in [-0.39, 0.29) is 11.7 Å². The number of benzene rings is 3. The summed E-state index contributed by atoms with van der Waals surface area (Å²) < 4.78 is 14.3. The second-order valence-corrected chi connectivity index (χ2v) is 16.9. The van der Waals surface area contributed by atoms with Gasteiger partial charge in [-0.2, -0.15) is 0 Å². The molecule has 4 rings (SSSR count). The van der Waals surface area contributed by atoms with Gasteiger partial charge in [-0.25, -0.2) is 4.39 Å². The number of thiophene rings is 1. The standard InChI is InChI=1S/C11H15Br.C11H16.C10H13F.C8H12S/c1-11(2,3)8-9-5-4-6-10(12)7-9;1-11(2,3)9-10-7-5-4-6-8-10;1-7(2)9-5-4-8(3)6-10(9)11;1-8(2,3)7-5-4-6-9-7/h4-7H,8H2,1-3H3;4-8H,9H2,1-3H3;4-7H,1-3H3;4-6H,1-3H3. The number of rotatable bonds is 3. The highest BCUT2D eigenvalue weighted by Crippen LogP contribution is 2.26. The highest BCUT2D eigenvalue weighted by atomic mass is 79.9. The monoisotopic (exact) mass is 666 g/mol. The fourth-order valence-corrected chi connectivity index (χ4v) is 5.53. The molecule has 0 aliphatic heterocycles. The van der Waals surface area contributed by atoms with Gasteiger partial charge in [0.25, 0.3) is 0 Å². The van der Waals surface area contributed by atoms with Crippen LogP contribution in [0.4, 0.5) is 4.39 Å². The molecule has 43 heavy (non-hydrogen) atoms. The van der Waals surface area contributed by atoms with Crippen molar-refractivity contribution in [1.82, 2.24) is 0 Å². The van der Waals surface area contributed by atoms with Gasteiger partial charge in [-0.1, -0.05) is 153 Å². The maximum Gasteiger partial charge on any atom is 0.126 e. The number of aryl methyl sites for hydroxylation is 1. The van der Waals surface area contributed by atoms with Crippen LogP contribution in [-0.2, 0) is 18.3 Å². The molecule has 0 radical (unpaired) electrons. The molecule has 0 bridgehead atoms. The van der Waals surface area contributed by atoms with E-state index in [2.05, 4.69) is 150 Å². The summed E-state index contributed by atoms with van der Waals surface area (Å²) in [6.45, 7) is 26.2. The molecule has 1 aromatic heterocycles. The lowest BCUT2D eigenvalue weighted by Gasteiger charge is -2.17. The van der Waals surface area contributed by atoms with Crippen LogP contribution < -0.4 is 0 Å². The fourth-order valence-electron chi connectivity index (χ4n) is 4.27. The van der Waals surface area contributed by atoms with Gasteiger partial charge in [-0.15, -0.1) is 11.3 Å². The molecule has 0 spiro atoms. The molecular weight excluding hydrogens is 611 g/mol. The minimum Gasteiger partial charge on any atom is -0.207 e. The van der Waals surface area contributed by atoms with Crippen molar-refractivity contribution in [3.8, 4) is 0 Å². The van der Waals surface area contributed by atoms with Gasteiger partial charge in [0.15, 0.2) is 0 Å². The van der Waals surface area contributed by atoms with E-state index in [1.165, 1.54) is 20.5 Å². The van der Waals surface area contributed by atoms with Crippen LogP contribution in [0, 0.1) is 23.6 Å². The Morgan fingerprint density at radius 1 is 0.674 bits per heavy atom. The summed E-state index contributed by atoms with van der Waals surface area (Å²) in [7, 11) is 0. The lowest BCUT2D eigenvalue weighted by atomic mass is 9.88. The van der Waals surface area contributed by atoms with E-state index in [0.717, 1.165) is 24.0 Å². The van der Waals surface area contributed by atoms with Crippen molar-refractivity contribution >= 4 is 27.3 Å². The van der Waals surface area contributed by atoms with Crippen LogP contribution in [0.2, 0.25) is 0 Å². The molecule has 236 valence electrons. The summed E-state index contributed by atoms with van der Waals surface area (Å²) in [4.78, 5) is 1.46. The first-order chi connectivity index (χ1) is 19.8. The Morgan fingerprint density at radius 2 is 1.23 bits per heavy atom. The predicted molar refractivity (Wildman–Crippen MR) is 195 cm³/mol. The Labute approximate surface area is 276 Å². The van der Waals surface area contributed by atoms with Crippen LogP contribution in [0.1, 0.15) is 109 Å². The summed E-state index contributed by atoms with van der Waals surface area (Å²) >= 11 is 5.30. The van der Waals surface area contributed by atoms with Crippen molar-refractivity contribution in [3.05, 3.63) is 128 Å². The van der Waals surface area contributed by atoms with Gasteiger partial charge in [0.1, 0.15) is 5.82 Å². The van der Waals surface area contributed by atoms with E-state index >= 15 is 0 Å². The third-order valence-electron chi connectivity index (χ3n) is 6.24. The topological polar surface area (TPSA) is 0 Å². The average Bonchev–Trinajstić information content (AvgIpc) is 3.40. The second-order valence-electron chi connectivity index (χ2n) is 15.0. The highest BCUT2D eigenvalue weighted by molar-refractivity contribution is 9.10. The molecule has 0 aliphatic rings. The van der Waals surface area contributed by atoms with E-state index in [0.29, 0.717) is 16.2 Å². The predicted octanol–water partition coefficient (Wildman–Crippen LogP) is 13.6. The Kier molecular flexibility index (Phi) is 16.2. The van der Waals surface area contributed by atoms with Gasteiger partial charge in [0.05, 0.1) is 0 Å². The summed E-state index contributed by atoms with van der Waals surface area (Å²) in [5.41, 5.74) is 5.73. The molecule has 3 aromatic carbocycles. The Morgan fingerprint density at radius 3 is 1.65 bits per heavy atom. The molecule has 0 nitrogen and oxygen atoms in total. The summed E-state index contributed by atoms with van der Waals surface area (Å²) in [5, 5.41) is 2.13. The van der Waals surface area contributed by atoms with E-state index < -0.39 is 0 Å². The van der Waals surface area contributed by atoms with E-state index in [1.54, 1.807) is 6.07 Å². The zero-order chi connectivity index (χ0) is 32.8. The highest BCUT2D eigenvalue weighted by Gasteiger charge is 2.13. The normalized spacial score (nSPS) is 11.4. The van der Waals surface area contributed by atoms with Crippen molar-refractivity contribution in [3.63, 3.8) is 0 Å². The van der Waals surface area contributed by atoms with E-state index in [4.69, 9.17) is 0 Å². The molecule has 3 heteroatoms. The molecule has 0 amide bonds. The zero-order valence-electron chi connectivity index (χ0n) is 28.8. The maximum atomic E-state index is 13.1. The van der Waals surface area contributed by atoms with E-state index in [1.807, 2.05) is 44.2 Å². The molecule has 4 aromatic rings. The van der Waals surface area contributed by atoms with Gasteiger partial charge in [0.2, 0.25) is 0 Å². The minimum absolute atomic E-state index is 0.0833. The van der Waals surface area contributed by atoms with Crippen LogP contribution in [0.15, 0.2) is 94.8 Å². The van der Waals surface area contributed by atoms with Crippen LogP contribution in [-0.4, -0.2) is 0 Å². The first-order valence-electron chi connectivity index (χ1n) is 15.4. The molecule has 0 fully saturated rings. The van der Waals surface area contributed by atoms with Gasteiger partial charge in [-0.3, -0.25) is 0 Å². The molecule has 0 saturated heterocycles. The summed E-state index contributed by atoms with van der Waals surface area (Å²) in [6, 6.07) is 28.8. The van der Waals surface area contributed by atoms with Gasteiger partial charge >= 0.3 is 0 Å². The largest absolute Gasteiger partial charge is 0.207 e. The van der Waals surface area contributed by atoms with Crippen LogP contribution >= 0.6 is 27.3 Å². The van der Waals surface area contributed by atoms with Crippen molar-refractivity contribution in [2.24, 2.45) is 10.8 Å². The molecular formula is C40H56BrFS. The van der Waals surface area contributed by atoms with E-state index in [9.17, 15) is 4.39 Å². The van der Waals surface area contributed by atoms with Gasteiger partial charge in [-0.05, 0) is 93.8 Å². The van der Waals surface area contributed by atoms with Crippen molar-refractivity contribution in [1.29, 1.82) is 0 Å². The lowest BCUT2D eigenvalue weighted by molar-refractivity contribution is 0.411. The van der Waals surface area contributed by atoms with Crippen molar-refractivity contribution < 1.29 is 4.39 Å². The molecule has 0 N–H and O–H groups in total. The van der Waals surface area contributed by atoms with Crippen molar-refractivity contribution in [2.45, 2.75) is 107 Å². The quantitative estimate of drug-likeness (QED) is 0.204. The van der Waals surface area contributed by atoms with Crippen LogP contribution in [0.5, 0.6) is 0 Å². The van der Waals surface area contributed by atoms with Crippen molar-refractivity contribution in [2.75, 3.05) is 0 Å². The first kappa shape index (κ1) is 38.8. The SMILES string of the molecule is CC(C)(C)Cc1cccc(Br)c1.CC(C)(C)Cc1ccccc1.CC(C)(C)c1cccs1.Cc1ccc(C(C)C)c(F)c1. The Hall–Kier alpha value is -2.23. The summed E-state index contributed by atoms with van der Waals surface area (Å²) in [5.74, 6) is 0.190. The fraction of sp³-hybridized carbons (Fsp3) is 0.450. The summed E-state index contributed by atoms with van der Waals surface area (Å²) in [6.07, 6.45) is 2.29. The average molecular weight is 668 g/mol. The molecule has 0 saturated carbocycles. The van der Waals surface area contributed by atoms with Crippen LogP contribution in [0.25, 0.3) is 0 Å². The third-order valence-corrected chi connectivity index (χ3v) is 8.03. The minimum atomic E-state index is -0.0833. The lowest BCUT2D eigenvalue weighted by Crippen LogP contribution is -2.08. The number of hydrogen-bond donors (Lipinski definition) is 0. The first-order valence-corrected chi connectivity index (χ1v) is 17.0. The Balaban J connectivity index is 0.000000288. The number of hydrogen-bond acceptors (Lipinski definition) is 1. The zero-order valence-corrected chi connectivity index (χ0v) is 31.2. The Bertz CT molecular complexity index is 1300. The molecule has 1 heterocycles. The smallest absolute Gasteiger partial charge is 0.126 e. The maximum absolute atomic E-state index is 13.1. The van der Waals surface area contributed by atoms with Crippen LogP contribution in [0.3, 0.4) is 0 Å². The van der Waals surface area contributed by atoms with Gasteiger partial charge in [0, 0.05) is 9.35 Å². The molecule has 0 aliphatic carbocycles. The molecule has 0 unspecified atom stereocenters. The molecule has 0 atom stereocenters. The third kappa shape index (κ3) is 18.2.